The first-order valence-electron chi connectivity index (χ1n) is 9.91. The van der Waals surface area contributed by atoms with Crippen LogP contribution in [0.15, 0.2) is 36.5 Å². The fourth-order valence-electron chi connectivity index (χ4n) is 4.47. The number of carbonyl (C=O) groups is 1. The zero-order valence-corrected chi connectivity index (χ0v) is 17.0. The van der Waals surface area contributed by atoms with Gasteiger partial charge in [0, 0.05) is 18.7 Å². The summed E-state index contributed by atoms with van der Waals surface area (Å²) in [5, 5.41) is 22.0. The van der Waals surface area contributed by atoms with Crippen LogP contribution in [0, 0.1) is 16.7 Å². The minimum Gasteiger partial charge on any atom is -0.481 e. The largest absolute Gasteiger partial charge is 0.481 e. The van der Waals surface area contributed by atoms with Gasteiger partial charge < -0.3 is 19.9 Å². The Morgan fingerprint density at radius 1 is 1.41 bits per heavy atom. The molecular weight excluding hydrogens is 427 g/mol. The highest BCUT2D eigenvalue weighted by Crippen LogP contribution is 2.50. The van der Waals surface area contributed by atoms with Crippen LogP contribution in [0.3, 0.4) is 0 Å². The number of amides is 1. The maximum atomic E-state index is 13.5. The van der Waals surface area contributed by atoms with E-state index in [0.717, 1.165) is 23.8 Å². The Hall–Kier alpha value is -3.16. The fraction of sp³-hybridized carbons (Fsp3) is 0.409. The molecule has 0 aliphatic carbocycles. The Bertz CT molecular complexity index is 1080. The third-order valence-corrected chi connectivity index (χ3v) is 6.10. The second-order valence-electron chi connectivity index (χ2n) is 8.03. The van der Waals surface area contributed by atoms with Gasteiger partial charge in [0.05, 0.1) is 47.7 Å². The number of anilines is 1. The van der Waals surface area contributed by atoms with Crippen molar-refractivity contribution in [2.45, 2.75) is 43.8 Å². The molecule has 2 fully saturated rings. The first-order chi connectivity index (χ1) is 15.2. The van der Waals surface area contributed by atoms with Crippen molar-refractivity contribution in [1.82, 2.24) is 4.98 Å². The number of fused-ring (bicyclic) bond motifs is 2. The van der Waals surface area contributed by atoms with E-state index in [2.05, 4.69) is 10.3 Å². The number of nitrogens with one attached hydrogen (secondary N) is 1. The van der Waals surface area contributed by atoms with Crippen molar-refractivity contribution in [3.05, 3.63) is 53.2 Å². The van der Waals surface area contributed by atoms with Crippen LogP contribution in [0.25, 0.3) is 0 Å². The molecule has 3 heterocycles. The van der Waals surface area contributed by atoms with Crippen LogP contribution in [0.1, 0.15) is 29.5 Å². The van der Waals surface area contributed by atoms with Crippen LogP contribution in [0.2, 0.25) is 0 Å². The molecule has 2 aliphatic heterocycles. The van der Waals surface area contributed by atoms with Crippen LogP contribution in [0.4, 0.5) is 18.9 Å². The highest BCUT2D eigenvalue weighted by molar-refractivity contribution is 5.97. The van der Waals surface area contributed by atoms with Crippen molar-refractivity contribution >= 4 is 11.6 Å². The lowest BCUT2D eigenvalue weighted by molar-refractivity contribution is -0.137. The van der Waals surface area contributed by atoms with Crippen molar-refractivity contribution in [3.8, 4) is 11.9 Å². The number of halogens is 3. The standard InChI is InChI=1S/C22H20F3N3O4/c1-31-19-6-12(4-5-27-19)9-21(10-17-16(29)8-18(21)32-17)20(30)28-15-7-14(22(23,24)25)3-2-13(15)11-26/h2-7,16-18,29H,8-10H2,1H3,(H,28,30)/t16-,17+,18+,21-/m0/s1. The van der Waals surface area contributed by atoms with Crippen molar-refractivity contribution < 1.29 is 32.5 Å². The summed E-state index contributed by atoms with van der Waals surface area (Å²) in [4.78, 5) is 17.6. The summed E-state index contributed by atoms with van der Waals surface area (Å²) in [5.74, 6) is -0.213. The predicted octanol–water partition coefficient (Wildman–Crippen LogP) is 3.07. The number of carbonyl (C=O) groups excluding carboxylic acids is 1. The van der Waals surface area contributed by atoms with E-state index < -0.39 is 41.4 Å². The average molecular weight is 447 g/mol. The second kappa shape index (κ2) is 8.07. The Kier molecular flexibility index (Phi) is 5.56. The average Bonchev–Trinajstić information content (AvgIpc) is 3.30. The van der Waals surface area contributed by atoms with Crippen molar-refractivity contribution in [3.63, 3.8) is 0 Å². The number of alkyl halides is 3. The summed E-state index contributed by atoms with van der Waals surface area (Å²) in [6, 6.07) is 7.77. The molecular formula is C22H20F3N3O4. The first-order valence-corrected chi connectivity index (χ1v) is 9.91. The summed E-state index contributed by atoms with van der Waals surface area (Å²) in [6.07, 6.45) is -4.36. The topological polar surface area (TPSA) is 104 Å². The van der Waals surface area contributed by atoms with Gasteiger partial charge in [-0.15, -0.1) is 0 Å². The van der Waals surface area contributed by atoms with Gasteiger partial charge in [0.2, 0.25) is 11.8 Å². The Morgan fingerprint density at radius 3 is 2.78 bits per heavy atom. The van der Waals surface area contributed by atoms with Gasteiger partial charge >= 0.3 is 6.18 Å². The number of pyridine rings is 1. The van der Waals surface area contributed by atoms with E-state index in [4.69, 9.17) is 9.47 Å². The molecule has 2 saturated heterocycles. The van der Waals surface area contributed by atoms with E-state index >= 15 is 0 Å². The minimum absolute atomic E-state index is 0.0869. The molecule has 32 heavy (non-hydrogen) atoms. The molecule has 10 heteroatoms. The quantitative estimate of drug-likeness (QED) is 0.730. The second-order valence-corrected chi connectivity index (χ2v) is 8.03. The zero-order chi connectivity index (χ0) is 23.1. The zero-order valence-electron chi connectivity index (χ0n) is 17.0. The highest BCUT2D eigenvalue weighted by atomic mass is 19.4. The number of aliphatic hydroxyl groups excluding tert-OH is 1. The normalized spacial score (nSPS) is 26.6. The maximum absolute atomic E-state index is 13.5. The molecule has 0 unspecified atom stereocenters. The summed E-state index contributed by atoms with van der Waals surface area (Å²) in [6.45, 7) is 0. The Morgan fingerprint density at radius 2 is 2.19 bits per heavy atom. The van der Waals surface area contributed by atoms with Gasteiger partial charge in [-0.2, -0.15) is 18.4 Å². The van der Waals surface area contributed by atoms with Crippen LogP contribution in [0.5, 0.6) is 5.88 Å². The van der Waals surface area contributed by atoms with Crippen molar-refractivity contribution in [1.29, 1.82) is 5.26 Å². The molecule has 1 amide bonds. The molecule has 7 nitrogen and oxygen atoms in total. The smallest absolute Gasteiger partial charge is 0.416 e. The molecule has 0 saturated carbocycles. The van der Waals surface area contributed by atoms with Gasteiger partial charge in [-0.05, 0) is 42.7 Å². The van der Waals surface area contributed by atoms with E-state index in [1.165, 1.54) is 13.3 Å². The van der Waals surface area contributed by atoms with Crippen molar-refractivity contribution in [2.75, 3.05) is 12.4 Å². The number of benzene rings is 1. The van der Waals surface area contributed by atoms with Gasteiger partial charge in [0.25, 0.3) is 0 Å². The molecule has 4 atom stereocenters. The van der Waals surface area contributed by atoms with Crippen molar-refractivity contribution in [2.24, 2.45) is 5.41 Å². The molecule has 4 rings (SSSR count). The van der Waals surface area contributed by atoms with E-state index in [1.54, 1.807) is 12.1 Å². The van der Waals surface area contributed by atoms with Gasteiger partial charge in [0.1, 0.15) is 6.07 Å². The van der Waals surface area contributed by atoms with Gasteiger partial charge in [-0.25, -0.2) is 4.98 Å². The monoisotopic (exact) mass is 447 g/mol. The molecule has 168 valence electrons. The summed E-state index contributed by atoms with van der Waals surface area (Å²) >= 11 is 0. The molecule has 2 N–H and O–H groups in total. The van der Waals surface area contributed by atoms with E-state index in [0.29, 0.717) is 5.88 Å². The molecule has 2 bridgehead atoms. The molecule has 1 aromatic heterocycles. The van der Waals surface area contributed by atoms with Gasteiger partial charge in [-0.3, -0.25) is 4.79 Å². The minimum atomic E-state index is -4.63. The SMILES string of the molecule is COc1cc(C[C@]2(C(=O)Nc3cc(C(F)(F)F)ccc3C#N)C[C@H]3O[C@@H]2C[C@@H]3O)ccn1. The number of nitriles is 1. The lowest BCUT2D eigenvalue weighted by atomic mass is 9.68. The number of aliphatic hydroxyl groups is 1. The first kappa shape index (κ1) is 22.0. The third-order valence-electron chi connectivity index (χ3n) is 6.10. The molecule has 2 aliphatic rings. The van der Waals surface area contributed by atoms with E-state index in [1.807, 2.05) is 6.07 Å². The van der Waals surface area contributed by atoms with E-state index in [-0.39, 0.29) is 30.5 Å². The van der Waals surface area contributed by atoms with Crippen LogP contribution >= 0.6 is 0 Å². The number of ether oxygens (including phenoxy) is 2. The molecule has 2 aromatic rings. The molecule has 0 radical (unpaired) electrons. The summed E-state index contributed by atoms with van der Waals surface area (Å²) in [7, 11) is 1.46. The lowest BCUT2D eigenvalue weighted by Crippen LogP contribution is -2.48. The summed E-state index contributed by atoms with van der Waals surface area (Å²) < 4.78 is 50.5. The fourth-order valence-corrected chi connectivity index (χ4v) is 4.47. The third kappa shape index (κ3) is 3.89. The van der Waals surface area contributed by atoms with Crippen LogP contribution in [-0.2, 0) is 22.1 Å². The van der Waals surface area contributed by atoms with E-state index in [9.17, 15) is 28.3 Å². The lowest BCUT2D eigenvalue weighted by Gasteiger charge is -2.35. The van der Waals surface area contributed by atoms with Gasteiger partial charge in [-0.1, -0.05) is 0 Å². The maximum Gasteiger partial charge on any atom is 0.416 e. The van der Waals surface area contributed by atoms with Gasteiger partial charge in [0.15, 0.2) is 0 Å². The van der Waals surface area contributed by atoms with Crippen LogP contribution < -0.4 is 10.1 Å². The predicted molar refractivity (Wildman–Crippen MR) is 106 cm³/mol. The number of rotatable bonds is 5. The molecule has 1 aromatic carbocycles. The number of aromatic nitrogens is 1. The summed E-state index contributed by atoms with van der Waals surface area (Å²) in [5.41, 5.74) is -1.70. The Balaban J connectivity index is 1.69. The number of hydrogen-bond acceptors (Lipinski definition) is 6. The highest BCUT2D eigenvalue weighted by Gasteiger charge is 2.60. The Labute approximate surface area is 181 Å². The number of methoxy groups -OCH3 is 1. The van der Waals surface area contributed by atoms with Crippen LogP contribution in [-0.4, -0.2) is 41.4 Å². The number of hydrogen-bond donors (Lipinski definition) is 2. The number of nitrogens with zero attached hydrogens (tertiary/aromatic N) is 2. The molecule has 0 spiro atoms.